The van der Waals surface area contributed by atoms with Gasteiger partial charge in [-0.1, -0.05) is 0 Å². The highest BCUT2D eigenvalue weighted by Gasteiger charge is 2.32. The Labute approximate surface area is 106 Å². The smallest absolute Gasteiger partial charge is 0.410 e. The number of likely N-dealkylation sites (tertiary alicyclic amines) is 1. The Morgan fingerprint density at radius 2 is 2.06 bits per heavy atom. The molecule has 1 unspecified atom stereocenters. The van der Waals surface area contributed by atoms with Crippen molar-refractivity contribution in [2.24, 2.45) is 0 Å². The second-order valence-electron chi connectivity index (χ2n) is 5.02. The van der Waals surface area contributed by atoms with Gasteiger partial charge in [0.15, 0.2) is 0 Å². The number of nitrogens with zero attached hydrogens (tertiary/aromatic N) is 1. The molecular formula is C11H18ClNO4. The summed E-state index contributed by atoms with van der Waals surface area (Å²) < 4.78 is 9.99. The number of carbonyl (C=O) groups excluding carboxylic acids is 2. The zero-order valence-corrected chi connectivity index (χ0v) is 11.1. The highest BCUT2D eigenvalue weighted by molar-refractivity contribution is 6.61. The van der Waals surface area contributed by atoms with Crippen molar-refractivity contribution < 1.29 is 19.1 Å². The van der Waals surface area contributed by atoms with Gasteiger partial charge in [-0.15, -0.1) is 0 Å². The summed E-state index contributed by atoms with van der Waals surface area (Å²) in [6, 6.07) is -0.132. The third-order valence-corrected chi connectivity index (χ3v) is 2.50. The maximum absolute atomic E-state index is 11.8. The molecule has 0 radical (unpaired) electrons. The van der Waals surface area contributed by atoms with E-state index in [4.69, 9.17) is 21.1 Å². The molecule has 5 nitrogen and oxygen atoms in total. The second kappa shape index (κ2) is 5.58. The van der Waals surface area contributed by atoms with E-state index in [0.29, 0.717) is 6.54 Å². The summed E-state index contributed by atoms with van der Waals surface area (Å²) in [5.41, 5.74) is -1.37. The number of hydrogen-bond acceptors (Lipinski definition) is 4. The topological polar surface area (TPSA) is 55.8 Å². The number of carbonyl (C=O) groups is 2. The van der Waals surface area contributed by atoms with E-state index < -0.39 is 11.0 Å². The Bertz CT molecular complexity index is 300. The lowest BCUT2D eigenvalue weighted by atomic mass is 10.2. The van der Waals surface area contributed by atoms with Crippen molar-refractivity contribution >= 4 is 23.1 Å². The molecule has 1 rings (SSSR count). The van der Waals surface area contributed by atoms with Crippen LogP contribution in [0.5, 0.6) is 0 Å². The van der Waals surface area contributed by atoms with Gasteiger partial charge < -0.3 is 14.4 Å². The van der Waals surface area contributed by atoms with Crippen LogP contribution in [0, 0.1) is 0 Å². The van der Waals surface area contributed by atoms with E-state index in [1.165, 1.54) is 0 Å². The van der Waals surface area contributed by atoms with Gasteiger partial charge in [-0.2, -0.15) is 0 Å². The average Bonchev–Trinajstić information content (AvgIpc) is 2.59. The molecule has 1 atom stereocenters. The molecule has 0 aromatic heterocycles. The fourth-order valence-electron chi connectivity index (χ4n) is 1.73. The number of rotatable bonds is 2. The number of halogens is 1. The molecule has 0 N–H and O–H groups in total. The Morgan fingerprint density at radius 3 is 2.59 bits per heavy atom. The van der Waals surface area contributed by atoms with Crippen LogP contribution in [0.25, 0.3) is 0 Å². The Kier molecular flexibility index (Phi) is 4.62. The van der Waals surface area contributed by atoms with Crippen molar-refractivity contribution in [1.82, 2.24) is 4.90 Å². The van der Waals surface area contributed by atoms with Crippen LogP contribution in [0.4, 0.5) is 9.59 Å². The van der Waals surface area contributed by atoms with Crippen LogP contribution in [-0.2, 0) is 9.47 Å². The average molecular weight is 264 g/mol. The van der Waals surface area contributed by atoms with E-state index in [0.717, 1.165) is 12.8 Å². The SMILES string of the molecule is CC(C)(C)OC(=O)N1CCCC1COC(=O)Cl. The van der Waals surface area contributed by atoms with Crippen LogP contribution in [0.15, 0.2) is 0 Å². The summed E-state index contributed by atoms with van der Waals surface area (Å²) in [6.07, 6.45) is 1.30. The number of amides is 1. The van der Waals surface area contributed by atoms with Gasteiger partial charge in [0.25, 0.3) is 0 Å². The molecule has 0 bridgehead atoms. The van der Waals surface area contributed by atoms with Crippen LogP contribution in [0.1, 0.15) is 33.6 Å². The second-order valence-corrected chi connectivity index (χ2v) is 5.33. The van der Waals surface area contributed by atoms with Crippen LogP contribution in [-0.4, -0.2) is 41.2 Å². The summed E-state index contributed by atoms with van der Waals surface area (Å²) >= 11 is 5.09. The summed E-state index contributed by atoms with van der Waals surface area (Å²) in [5.74, 6) is 0. The van der Waals surface area contributed by atoms with E-state index >= 15 is 0 Å². The normalized spacial score (nSPS) is 20.2. The van der Waals surface area contributed by atoms with E-state index in [9.17, 15) is 9.59 Å². The van der Waals surface area contributed by atoms with Gasteiger partial charge in [0.1, 0.15) is 12.2 Å². The number of hydrogen-bond donors (Lipinski definition) is 0. The summed E-state index contributed by atoms with van der Waals surface area (Å²) in [5, 5.41) is 0. The minimum Gasteiger partial charge on any atom is -0.451 e. The Morgan fingerprint density at radius 1 is 1.41 bits per heavy atom. The first-order valence-electron chi connectivity index (χ1n) is 5.61. The Hall–Kier alpha value is -0.970. The van der Waals surface area contributed by atoms with Gasteiger partial charge >= 0.3 is 11.5 Å². The maximum atomic E-state index is 11.8. The summed E-state index contributed by atoms with van der Waals surface area (Å²) in [4.78, 5) is 23.9. The highest BCUT2D eigenvalue weighted by Crippen LogP contribution is 2.21. The predicted octanol–water partition coefficient (Wildman–Crippen LogP) is 2.76. The quantitative estimate of drug-likeness (QED) is 0.719. The molecule has 1 fully saturated rings. The molecule has 98 valence electrons. The molecule has 1 saturated heterocycles. The molecule has 1 amide bonds. The summed E-state index contributed by atoms with van der Waals surface area (Å²) in [6.45, 7) is 6.19. The molecule has 0 spiro atoms. The van der Waals surface area contributed by atoms with Crippen molar-refractivity contribution in [1.29, 1.82) is 0 Å². The van der Waals surface area contributed by atoms with Crippen molar-refractivity contribution in [2.45, 2.75) is 45.3 Å². The van der Waals surface area contributed by atoms with E-state index in [1.54, 1.807) is 4.90 Å². The molecule has 17 heavy (non-hydrogen) atoms. The van der Waals surface area contributed by atoms with Crippen LogP contribution in [0.2, 0.25) is 0 Å². The zero-order valence-electron chi connectivity index (χ0n) is 10.4. The van der Waals surface area contributed by atoms with Crippen molar-refractivity contribution in [2.75, 3.05) is 13.2 Å². The van der Waals surface area contributed by atoms with E-state index in [-0.39, 0.29) is 18.7 Å². The fraction of sp³-hybridized carbons (Fsp3) is 0.818. The minimum absolute atomic E-state index is 0.127. The largest absolute Gasteiger partial charge is 0.451 e. The standard InChI is InChI=1S/C11H18ClNO4/c1-11(2,3)17-10(15)13-6-4-5-8(13)7-16-9(12)14/h8H,4-7H2,1-3H3. The first kappa shape index (κ1) is 14.1. The molecule has 1 heterocycles. The van der Waals surface area contributed by atoms with E-state index in [1.807, 2.05) is 20.8 Å². The van der Waals surface area contributed by atoms with Gasteiger partial charge in [0, 0.05) is 18.1 Å². The highest BCUT2D eigenvalue weighted by atomic mass is 35.5. The minimum atomic E-state index is -0.846. The zero-order chi connectivity index (χ0) is 13.1. The third kappa shape index (κ3) is 4.81. The molecule has 6 heteroatoms. The third-order valence-electron chi connectivity index (χ3n) is 2.39. The van der Waals surface area contributed by atoms with E-state index in [2.05, 4.69) is 0 Å². The lowest BCUT2D eigenvalue weighted by Gasteiger charge is -2.28. The molecular weight excluding hydrogens is 246 g/mol. The maximum Gasteiger partial charge on any atom is 0.410 e. The molecule has 0 saturated carbocycles. The van der Waals surface area contributed by atoms with Crippen molar-refractivity contribution in [3.05, 3.63) is 0 Å². The molecule has 1 aliphatic rings. The van der Waals surface area contributed by atoms with Crippen LogP contribution in [0.3, 0.4) is 0 Å². The van der Waals surface area contributed by atoms with Gasteiger partial charge in [-0.25, -0.2) is 9.59 Å². The molecule has 0 aromatic rings. The lowest BCUT2D eigenvalue weighted by molar-refractivity contribution is 0.0169. The fourth-order valence-corrected chi connectivity index (χ4v) is 1.79. The monoisotopic (exact) mass is 263 g/mol. The van der Waals surface area contributed by atoms with Gasteiger partial charge in [0.2, 0.25) is 0 Å². The van der Waals surface area contributed by atoms with Crippen LogP contribution >= 0.6 is 11.6 Å². The van der Waals surface area contributed by atoms with Crippen LogP contribution < -0.4 is 0 Å². The molecule has 1 aliphatic heterocycles. The first-order valence-corrected chi connectivity index (χ1v) is 5.99. The summed E-state index contributed by atoms with van der Waals surface area (Å²) in [7, 11) is 0. The van der Waals surface area contributed by atoms with Gasteiger partial charge in [-0.05, 0) is 33.6 Å². The first-order chi connectivity index (χ1) is 7.79. The van der Waals surface area contributed by atoms with Gasteiger partial charge in [-0.3, -0.25) is 0 Å². The predicted molar refractivity (Wildman–Crippen MR) is 63.2 cm³/mol. The number of ether oxygens (including phenoxy) is 2. The lowest BCUT2D eigenvalue weighted by Crippen LogP contribution is -2.41. The molecule has 0 aromatic carbocycles. The van der Waals surface area contributed by atoms with Crippen molar-refractivity contribution in [3.63, 3.8) is 0 Å². The Balaban J connectivity index is 2.51. The van der Waals surface area contributed by atoms with Gasteiger partial charge in [0.05, 0.1) is 6.04 Å². The molecule has 0 aliphatic carbocycles. The van der Waals surface area contributed by atoms with Crippen molar-refractivity contribution in [3.8, 4) is 0 Å².